The summed E-state index contributed by atoms with van der Waals surface area (Å²) in [7, 11) is 0. The molecule has 1 aromatic carbocycles. The minimum atomic E-state index is -4.53. The van der Waals surface area contributed by atoms with Crippen molar-refractivity contribution in [3.63, 3.8) is 0 Å². The van der Waals surface area contributed by atoms with Gasteiger partial charge < -0.3 is 0 Å². The van der Waals surface area contributed by atoms with Crippen molar-refractivity contribution in [3.8, 4) is 12.3 Å². The zero-order valence-electron chi connectivity index (χ0n) is 6.32. The lowest BCUT2D eigenvalue weighted by Gasteiger charge is -2.08. The fourth-order valence-electron chi connectivity index (χ4n) is 0.883. The van der Waals surface area contributed by atoms with Crippen molar-refractivity contribution in [2.45, 2.75) is 6.18 Å². The summed E-state index contributed by atoms with van der Waals surface area (Å²) in [6.45, 7) is 0. The first-order chi connectivity index (χ1) is 5.95. The largest absolute Gasteiger partial charge is 0.417 e. The molecule has 0 saturated heterocycles. The molecular formula is C9H4F4. The smallest absolute Gasteiger partial charge is 0.207 e. The first-order valence-corrected chi connectivity index (χ1v) is 3.28. The van der Waals surface area contributed by atoms with Crippen LogP contribution in [-0.2, 0) is 6.18 Å². The van der Waals surface area contributed by atoms with Crippen LogP contribution >= 0.6 is 0 Å². The second-order valence-electron chi connectivity index (χ2n) is 2.33. The molecule has 0 amide bonds. The van der Waals surface area contributed by atoms with Gasteiger partial charge in [0.1, 0.15) is 5.82 Å². The van der Waals surface area contributed by atoms with Crippen LogP contribution in [0, 0.1) is 18.2 Å². The van der Waals surface area contributed by atoms with Crippen LogP contribution in [-0.4, -0.2) is 0 Å². The Morgan fingerprint density at radius 2 is 1.85 bits per heavy atom. The lowest BCUT2D eigenvalue weighted by Crippen LogP contribution is -2.07. The van der Waals surface area contributed by atoms with Gasteiger partial charge in [-0.15, -0.1) is 6.42 Å². The molecule has 0 unspecified atom stereocenters. The predicted molar refractivity (Wildman–Crippen MR) is 39.3 cm³/mol. The molecule has 0 aliphatic heterocycles. The lowest BCUT2D eigenvalue weighted by molar-refractivity contribution is -0.137. The van der Waals surface area contributed by atoms with Crippen LogP contribution in [0.2, 0.25) is 0 Å². The van der Waals surface area contributed by atoms with E-state index in [1.807, 2.05) is 0 Å². The molecule has 0 N–H and O–H groups in total. The molecular weight excluding hydrogens is 184 g/mol. The molecule has 0 radical (unpaired) electrons. The number of alkyl halides is 3. The van der Waals surface area contributed by atoms with Gasteiger partial charge in [0.2, 0.25) is 0 Å². The number of halogens is 4. The van der Waals surface area contributed by atoms with Crippen LogP contribution in [0.25, 0.3) is 0 Å². The van der Waals surface area contributed by atoms with E-state index in [-0.39, 0.29) is 0 Å². The maximum absolute atomic E-state index is 12.5. The summed E-state index contributed by atoms with van der Waals surface area (Å²) in [6, 6.07) is 2.04. The van der Waals surface area contributed by atoms with Gasteiger partial charge in [-0.25, -0.2) is 4.39 Å². The van der Waals surface area contributed by atoms with E-state index in [2.05, 4.69) is 0 Å². The molecule has 0 heterocycles. The standard InChI is InChI=1S/C9H4F4/c1-2-6-5-7(10)3-4-8(6)9(11,12)13/h1,3-5H. The first-order valence-electron chi connectivity index (χ1n) is 3.28. The molecule has 0 bridgehead atoms. The predicted octanol–water partition coefficient (Wildman–Crippen LogP) is 2.83. The van der Waals surface area contributed by atoms with Crippen LogP contribution in [0.5, 0.6) is 0 Å². The van der Waals surface area contributed by atoms with Crippen molar-refractivity contribution in [3.05, 3.63) is 35.1 Å². The maximum Gasteiger partial charge on any atom is 0.417 e. The van der Waals surface area contributed by atoms with Gasteiger partial charge in [-0.2, -0.15) is 13.2 Å². The highest BCUT2D eigenvalue weighted by atomic mass is 19.4. The van der Waals surface area contributed by atoms with E-state index >= 15 is 0 Å². The SMILES string of the molecule is C#Cc1cc(F)ccc1C(F)(F)F. The number of rotatable bonds is 0. The third-order valence-corrected chi connectivity index (χ3v) is 1.44. The molecule has 0 aromatic heterocycles. The van der Waals surface area contributed by atoms with E-state index in [0.29, 0.717) is 12.1 Å². The molecule has 0 aliphatic carbocycles. The highest BCUT2D eigenvalue weighted by molar-refractivity contribution is 5.41. The van der Waals surface area contributed by atoms with Gasteiger partial charge >= 0.3 is 6.18 Å². The summed E-state index contributed by atoms with van der Waals surface area (Å²) in [6.07, 6.45) is 0.267. The van der Waals surface area contributed by atoms with Crippen LogP contribution in [0.4, 0.5) is 17.6 Å². The van der Waals surface area contributed by atoms with Gasteiger partial charge in [-0.1, -0.05) is 5.92 Å². The minimum Gasteiger partial charge on any atom is -0.207 e. The minimum absolute atomic E-state index is 0.479. The Bertz CT molecular complexity index is 357. The molecule has 0 nitrogen and oxygen atoms in total. The quantitative estimate of drug-likeness (QED) is 0.433. The summed E-state index contributed by atoms with van der Waals surface area (Å²) in [5.74, 6) is 1.01. The Balaban J connectivity index is 3.32. The van der Waals surface area contributed by atoms with E-state index in [4.69, 9.17) is 6.42 Å². The highest BCUT2D eigenvalue weighted by Gasteiger charge is 2.32. The molecule has 0 saturated carbocycles. The fourth-order valence-corrected chi connectivity index (χ4v) is 0.883. The van der Waals surface area contributed by atoms with Crippen molar-refractivity contribution in [1.82, 2.24) is 0 Å². The summed E-state index contributed by atoms with van der Waals surface area (Å²) in [5.41, 5.74) is -1.47. The molecule has 0 fully saturated rings. The Kier molecular flexibility index (Phi) is 2.28. The van der Waals surface area contributed by atoms with Gasteiger partial charge in [0, 0.05) is 5.56 Å². The average molecular weight is 188 g/mol. The summed E-state index contributed by atoms with van der Waals surface area (Å²) < 4.78 is 48.9. The second kappa shape index (κ2) is 3.09. The molecule has 68 valence electrons. The van der Waals surface area contributed by atoms with Gasteiger partial charge in [0.05, 0.1) is 5.56 Å². The average Bonchev–Trinajstić information content (AvgIpc) is 2.01. The number of terminal acetylenes is 1. The third-order valence-electron chi connectivity index (χ3n) is 1.44. The van der Waals surface area contributed by atoms with Crippen LogP contribution in [0.1, 0.15) is 11.1 Å². The molecule has 13 heavy (non-hydrogen) atoms. The van der Waals surface area contributed by atoms with Crippen molar-refractivity contribution >= 4 is 0 Å². The fraction of sp³-hybridized carbons (Fsp3) is 0.111. The van der Waals surface area contributed by atoms with Crippen molar-refractivity contribution in [2.24, 2.45) is 0 Å². The number of benzene rings is 1. The zero-order chi connectivity index (χ0) is 10.1. The van der Waals surface area contributed by atoms with E-state index in [1.54, 1.807) is 5.92 Å². The Morgan fingerprint density at radius 1 is 1.23 bits per heavy atom. The van der Waals surface area contributed by atoms with Gasteiger partial charge in [0.15, 0.2) is 0 Å². The van der Waals surface area contributed by atoms with Crippen molar-refractivity contribution in [1.29, 1.82) is 0 Å². The van der Waals surface area contributed by atoms with Crippen LogP contribution in [0.3, 0.4) is 0 Å². The summed E-state index contributed by atoms with van der Waals surface area (Å²) in [4.78, 5) is 0. The highest BCUT2D eigenvalue weighted by Crippen LogP contribution is 2.31. The molecule has 1 rings (SSSR count). The van der Waals surface area contributed by atoms with Gasteiger partial charge in [0.25, 0.3) is 0 Å². The first kappa shape index (κ1) is 9.59. The Hall–Kier alpha value is -1.50. The van der Waals surface area contributed by atoms with Gasteiger partial charge in [-0.05, 0) is 18.2 Å². The van der Waals surface area contributed by atoms with E-state index < -0.39 is 23.1 Å². The van der Waals surface area contributed by atoms with E-state index in [9.17, 15) is 17.6 Å². The maximum atomic E-state index is 12.5. The summed E-state index contributed by atoms with van der Waals surface area (Å²) in [5, 5.41) is 0. The molecule has 4 heteroatoms. The molecule has 0 atom stereocenters. The zero-order valence-corrected chi connectivity index (χ0v) is 6.32. The molecule has 0 aliphatic rings. The topological polar surface area (TPSA) is 0 Å². The van der Waals surface area contributed by atoms with E-state index in [0.717, 1.165) is 6.07 Å². The van der Waals surface area contributed by atoms with Crippen molar-refractivity contribution in [2.75, 3.05) is 0 Å². The molecule has 1 aromatic rings. The Labute approximate surface area is 72.2 Å². The number of hydrogen-bond acceptors (Lipinski definition) is 0. The lowest BCUT2D eigenvalue weighted by atomic mass is 10.1. The second-order valence-corrected chi connectivity index (χ2v) is 2.33. The van der Waals surface area contributed by atoms with Crippen LogP contribution < -0.4 is 0 Å². The molecule has 0 spiro atoms. The number of hydrogen-bond donors (Lipinski definition) is 0. The monoisotopic (exact) mass is 188 g/mol. The normalized spacial score (nSPS) is 11.0. The third kappa shape index (κ3) is 2.00. The summed E-state index contributed by atoms with van der Waals surface area (Å²) >= 11 is 0. The van der Waals surface area contributed by atoms with Crippen LogP contribution in [0.15, 0.2) is 18.2 Å². The van der Waals surface area contributed by atoms with E-state index in [1.165, 1.54) is 0 Å². The van der Waals surface area contributed by atoms with Gasteiger partial charge in [-0.3, -0.25) is 0 Å². The van der Waals surface area contributed by atoms with Crippen molar-refractivity contribution < 1.29 is 17.6 Å². The Morgan fingerprint density at radius 3 is 2.31 bits per heavy atom.